The smallest absolute Gasteiger partial charge is 0.339 e. The van der Waals surface area contributed by atoms with E-state index < -0.39 is 12.1 Å². The number of ether oxygens (including phenoxy) is 1. The number of hydrogen-bond donors (Lipinski definition) is 1. The summed E-state index contributed by atoms with van der Waals surface area (Å²) >= 11 is 0. The third kappa shape index (κ3) is 4.67. The summed E-state index contributed by atoms with van der Waals surface area (Å²) in [6, 6.07) is 11.4. The Labute approximate surface area is 176 Å². The van der Waals surface area contributed by atoms with Crippen molar-refractivity contribution in [1.82, 2.24) is 20.1 Å². The Morgan fingerprint density at radius 3 is 2.43 bits per heavy atom. The maximum Gasteiger partial charge on any atom is 0.339 e. The van der Waals surface area contributed by atoms with Crippen LogP contribution in [0, 0.1) is 0 Å². The standard InChI is InChI=1S/C23H28N4O3/c1-14(2)20-11-18(19-13-25-27(15(3)4)21(19)26-20)23(29)30-16(5)22(28)24-12-17-9-7-6-8-10-17/h6-11,13-16H,12H2,1-5H3,(H,24,28)/t16-/m0/s1. The molecule has 3 rings (SSSR count). The number of pyridine rings is 1. The molecular formula is C23H28N4O3. The largest absolute Gasteiger partial charge is 0.449 e. The van der Waals surface area contributed by atoms with Crippen LogP contribution in [0.2, 0.25) is 0 Å². The molecule has 0 saturated heterocycles. The van der Waals surface area contributed by atoms with Crippen LogP contribution in [0.3, 0.4) is 0 Å². The number of hydrogen-bond acceptors (Lipinski definition) is 5. The minimum Gasteiger partial charge on any atom is -0.449 e. The number of amides is 1. The molecule has 0 fully saturated rings. The highest BCUT2D eigenvalue weighted by atomic mass is 16.5. The molecule has 7 heteroatoms. The average molecular weight is 409 g/mol. The summed E-state index contributed by atoms with van der Waals surface area (Å²) in [6.45, 7) is 9.98. The van der Waals surface area contributed by atoms with Crippen LogP contribution in [-0.4, -0.2) is 32.7 Å². The number of fused-ring (bicyclic) bond motifs is 1. The van der Waals surface area contributed by atoms with Crippen molar-refractivity contribution in [2.24, 2.45) is 0 Å². The molecule has 2 aromatic heterocycles. The fourth-order valence-corrected chi connectivity index (χ4v) is 3.09. The van der Waals surface area contributed by atoms with Crippen molar-refractivity contribution in [3.8, 4) is 0 Å². The Hall–Kier alpha value is -3.22. The molecule has 0 saturated carbocycles. The molecule has 0 aliphatic carbocycles. The number of nitrogens with one attached hydrogen (secondary N) is 1. The molecule has 0 bridgehead atoms. The summed E-state index contributed by atoms with van der Waals surface area (Å²) in [4.78, 5) is 30.0. The Bertz CT molecular complexity index is 1040. The summed E-state index contributed by atoms with van der Waals surface area (Å²) in [5, 5.41) is 7.80. The van der Waals surface area contributed by atoms with Gasteiger partial charge in [-0.15, -0.1) is 0 Å². The van der Waals surface area contributed by atoms with E-state index in [9.17, 15) is 9.59 Å². The highest BCUT2D eigenvalue weighted by Crippen LogP contribution is 2.25. The van der Waals surface area contributed by atoms with Crippen molar-refractivity contribution in [1.29, 1.82) is 0 Å². The minimum absolute atomic E-state index is 0.101. The second-order valence-corrected chi connectivity index (χ2v) is 7.92. The fraction of sp³-hybridized carbons (Fsp3) is 0.391. The highest BCUT2D eigenvalue weighted by Gasteiger charge is 2.23. The van der Waals surface area contributed by atoms with E-state index in [0.29, 0.717) is 23.1 Å². The molecule has 1 atom stereocenters. The molecule has 3 aromatic rings. The van der Waals surface area contributed by atoms with Crippen molar-refractivity contribution < 1.29 is 14.3 Å². The SMILES string of the molecule is CC(C)c1cc(C(=O)O[C@@H](C)C(=O)NCc2ccccc2)c2cnn(C(C)C)c2n1. The first-order chi connectivity index (χ1) is 14.3. The molecular weight excluding hydrogens is 380 g/mol. The molecule has 0 aliphatic heterocycles. The summed E-state index contributed by atoms with van der Waals surface area (Å²) < 4.78 is 7.27. The Morgan fingerprint density at radius 1 is 1.10 bits per heavy atom. The number of nitrogens with zero attached hydrogens (tertiary/aromatic N) is 3. The molecule has 7 nitrogen and oxygen atoms in total. The van der Waals surface area contributed by atoms with Crippen LogP contribution in [0.1, 0.15) is 68.2 Å². The first kappa shape index (κ1) is 21.5. The van der Waals surface area contributed by atoms with Crippen LogP contribution < -0.4 is 5.32 Å². The Morgan fingerprint density at radius 2 is 1.80 bits per heavy atom. The molecule has 0 spiro atoms. The molecule has 1 amide bonds. The molecule has 1 aromatic carbocycles. The van der Waals surface area contributed by atoms with Gasteiger partial charge in [0.1, 0.15) is 0 Å². The van der Waals surface area contributed by atoms with Gasteiger partial charge in [-0.1, -0.05) is 44.2 Å². The number of benzene rings is 1. The lowest BCUT2D eigenvalue weighted by atomic mass is 10.1. The van der Waals surface area contributed by atoms with Gasteiger partial charge in [0.2, 0.25) is 0 Å². The van der Waals surface area contributed by atoms with E-state index in [1.54, 1.807) is 23.9 Å². The summed E-state index contributed by atoms with van der Waals surface area (Å²) in [5.74, 6) is -0.780. The highest BCUT2D eigenvalue weighted by molar-refractivity contribution is 6.03. The van der Waals surface area contributed by atoms with Gasteiger partial charge in [-0.25, -0.2) is 14.5 Å². The summed E-state index contributed by atoms with van der Waals surface area (Å²) in [7, 11) is 0. The van der Waals surface area contributed by atoms with Gasteiger partial charge in [0.05, 0.1) is 17.1 Å². The van der Waals surface area contributed by atoms with Crippen molar-refractivity contribution in [2.75, 3.05) is 0 Å². The van der Waals surface area contributed by atoms with E-state index in [1.807, 2.05) is 58.0 Å². The zero-order chi connectivity index (χ0) is 21.8. The third-order valence-corrected chi connectivity index (χ3v) is 4.85. The monoisotopic (exact) mass is 408 g/mol. The number of esters is 1. The normalized spacial score (nSPS) is 12.4. The molecule has 2 heterocycles. The van der Waals surface area contributed by atoms with Crippen LogP contribution in [0.4, 0.5) is 0 Å². The van der Waals surface area contributed by atoms with E-state index in [0.717, 1.165) is 11.3 Å². The number of aromatic nitrogens is 3. The van der Waals surface area contributed by atoms with Crippen LogP contribution in [0.25, 0.3) is 11.0 Å². The van der Waals surface area contributed by atoms with Crippen LogP contribution >= 0.6 is 0 Å². The predicted molar refractivity (Wildman–Crippen MR) is 115 cm³/mol. The van der Waals surface area contributed by atoms with Crippen molar-refractivity contribution in [3.63, 3.8) is 0 Å². The van der Waals surface area contributed by atoms with E-state index in [1.165, 1.54) is 0 Å². The van der Waals surface area contributed by atoms with Gasteiger partial charge in [0, 0.05) is 18.3 Å². The molecule has 158 valence electrons. The van der Waals surface area contributed by atoms with Crippen molar-refractivity contribution in [2.45, 2.75) is 59.2 Å². The predicted octanol–water partition coefficient (Wildman–Crippen LogP) is 4.00. The number of rotatable bonds is 7. The quantitative estimate of drug-likeness (QED) is 0.597. The number of carbonyl (C=O) groups is 2. The van der Waals surface area contributed by atoms with E-state index in [-0.39, 0.29) is 17.9 Å². The lowest BCUT2D eigenvalue weighted by Gasteiger charge is -2.15. The average Bonchev–Trinajstić information content (AvgIpc) is 3.16. The maximum atomic E-state index is 12.9. The number of carbonyl (C=O) groups excluding carboxylic acids is 2. The maximum absolute atomic E-state index is 12.9. The van der Waals surface area contributed by atoms with Crippen LogP contribution in [-0.2, 0) is 16.1 Å². The topological polar surface area (TPSA) is 86.1 Å². The molecule has 0 aliphatic rings. The van der Waals surface area contributed by atoms with Gasteiger partial charge in [-0.05, 0) is 38.3 Å². The van der Waals surface area contributed by atoms with Gasteiger partial charge in [0.15, 0.2) is 11.8 Å². The van der Waals surface area contributed by atoms with Gasteiger partial charge in [0.25, 0.3) is 5.91 Å². The molecule has 1 N–H and O–H groups in total. The van der Waals surface area contributed by atoms with Crippen molar-refractivity contribution in [3.05, 3.63) is 59.4 Å². The zero-order valence-electron chi connectivity index (χ0n) is 18.0. The van der Waals surface area contributed by atoms with Crippen LogP contribution in [0.15, 0.2) is 42.6 Å². The van der Waals surface area contributed by atoms with Crippen molar-refractivity contribution >= 4 is 22.9 Å². The van der Waals surface area contributed by atoms with Gasteiger partial charge >= 0.3 is 5.97 Å². The molecule has 0 unspecified atom stereocenters. The van der Waals surface area contributed by atoms with Gasteiger partial charge in [-0.3, -0.25) is 4.79 Å². The third-order valence-electron chi connectivity index (χ3n) is 4.85. The lowest BCUT2D eigenvalue weighted by molar-refractivity contribution is -0.129. The van der Waals surface area contributed by atoms with Gasteiger partial charge in [-0.2, -0.15) is 5.10 Å². The zero-order valence-corrected chi connectivity index (χ0v) is 18.0. The summed E-state index contributed by atoms with van der Waals surface area (Å²) in [5.41, 5.74) is 2.77. The van der Waals surface area contributed by atoms with Crippen LogP contribution in [0.5, 0.6) is 0 Å². The Balaban J connectivity index is 1.79. The second kappa shape index (κ2) is 9.07. The minimum atomic E-state index is -0.924. The molecule has 0 radical (unpaired) electrons. The van der Waals surface area contributed by atoms with Gasteiger partial charge < -0.3 is 10.1 Å². The lowest BCUT2D eigenvalue weighted by Crippen LogP contribution is -2.35. The fourth-order valence-electron chi connectivity index (χ4n) is 3.09. The Kier molecular flexibility index (Phi) is 6.50. The summed E-state index contributed by atoms with van der Waals surface area (Å²) in [6.07, 6.45) is 0.704. The first-order valence-electron chi connectivity index (χ1n) is 10.2. The first-order valence-corrected chi connectivity index (χ1v) is 10.2. The van der Waals surface area contributed by atoms with E-state index in [2.05, 4.69) is 15.4 Å². The van der Waals surface area contributed by atoms with E-state index in [4.69, 9.17) is 4.74 Å². The molecule has 30 heavy (non-hydrogen) atoms. The second-order valence-electron chi connectivity index (χ2n) is 7.92. The van der Waals surface area contributed by atoms with E-state index >= 15 is 0 Å².